The molecule has 0 aliphatic rings. The average molecular weight is 294 g/mol. The summed E-state index contributed by atoms with van der Waals surface area (Å²) in [6.07, 6.45) is 0. The van der Waals surface area contributed by atoms with Gasteiger partial charge >= 0.3 is 5.97 Å². The van der Waals surface area contributed by atoms with Crippen LogP contribution in [0.4, 0.5) is 0 Å². The number of ether oxygens (including phenoxy) is 1. The predicted molar refractivity (Wildman–Crippen MR) is 74.8 cm³/mol. The number of carbonyl (C=O) groups excluding carboxylic acids is 2. The monoisotopic (exact) mass is 294 g/mol. The van der Waals surface area contributed by atoms with Gasteiger partial charge in [0.05, 0.1) is 6.54 Å². The van der Waals surface area contributed by atoms with Crippen molar-refractivity contribution in [2.45, 2.75) is 6.92 Å². The number of hydrogen-bond acceptors (Lipinski definition) is 4. The number of carbonyl (C=O) groups is 3. The Morgan fingerprint density at radius 3 is 2.48 bits per heavy atom. The molecule has 0 aliphatic carbocycles. The van der Waals surface area contributed by atoms with Gasteiger partial charge in [0.1, 0.15) is 12.3 Å². The zero-order chi connectivity index (χ0) is 15.7. The second-order valence-electron chi connectivity index (χ2n) is 4.18. The Morgan fingerprint density at radius 2 is 1.90 bits per heavy atom. The van der Waals surface area contributed by atoms with Crippen molar-refractivity contribution in [2.75, 3.05) is 26.2 Å². The lowest BCUT2D eigenvalue weighted by molar-refractivity contribution is -0.144. The highest BCUT2D eigenvalue weighted by molar-refractivity contribution is 5.87. The molecule has 0 bridgehead atoms. The fourth-order valence-electron chi connectivity index (χ4n) is 1.54. The zero-order valence-electron chi connectivity index (χ0n) is 11.7. The number of nitrogens with zero attached hydrogens (tertiary/aromatic N) is 1. The van der Waals surface area contributed by atoms with E-state index < -0.39 is 17.8 Å². The lowest BCUT2D eigenvalue weighted by Crippen LogP contribution is -2.43. The molecule has 0 fully saturated rings. The number of para-hydroxylation sites is 1. The molecule has 1 aromatic rings. The highest BCUT2D eigenvalue weighted by atomic mass is 16.5. The third kappa shape index (κ3) is 6.42. The zero-order valence-corrected chi connectivity index (χ0v) is 11.7. The van der Waals surface area contributed by atoms with Gasteiger partial charge in [-0.15, -0.1) is 0 Å². The Labute approximate surface area is 122 Å². The first-order valence-electron chi connectivity index (χ1n) is 6.47. The summed E-state index contributed by atoms with van der Waals surface area (Å²) in [7, 11) is 0. The van der Waals surface area contributed by atoms with Gasteiger partial charge in [-0.1, -0.05) is 18.2 Å². The van der Waals surface area contributed by atoms with E-state index in [-0.39, 0.29) is 26.2 Å². The van der Waals surface area contributed by atoms with Crippen molar-refractivity contribution in [3.05, 3.63) is 30.3 Å². The average Bonchev–Trinajstić information content (AvgIpc) is 2.49. The van der Waals surface area contributed by atoms with Gasteiger partial charge in [0, 0.05) is 6.54 Å². The minimum atomic E-state index is -1.09. The quantitative estimate of drug-likeness (QED) is 0.709. The van der Waals surface area contributed by atoms with Crippen LogP contribution in [-0.2, 0) is 14.4 Å². The highest BCUT2D eigenvalue weighted by Gasteiger charge is 2.15. The largest absolute Gasteiger partial charge is 0.484 e. The van der Waals surface area contributed by atoms with E-state index in [4.69, 9.17) is 9.84 Å². The lowest BCUT2D eigenvalue weighted by atomic mass is 10.3. The molecule has 21 heavy (non-hydrogen) atoms. The number of aliphatic carboxylic acids is 1. The van der Waals surface area contributed by atoms with E-state index in [2.05, 4.69) is 5.32 Å². The summed E-state index contributed by atoms with van der Waals surface area (Å²) in [5, 5.41) is 11.0. The molecule has 114 valence electrons. The molecule has 2 amide bonds. The molecule has 2 N–H and O–H groups in total. The van der Waals surface area contributed by atoms with E-state index in [1.807, 2.05) is 6.07 Å². The van der Waals surface area contributed by atoms with Crippen molar-refractivity contribution in [1.29, 1.82) is 0 Å². The van der Waals surface area contributed by atoms with Crippen molar-refractivity contribution >= 4 is 17.8 Å². The molecule has 0 aromatic heterocycles. The molecule has 0 atom stereocenters. The smallest absolute Gasteiger partial charge is 0.323 e. The summed E-state index contributed by atoms with van der Waals surface area (Å²) in [6.45, 7) is 1.09. The molecule has 0 spiro atoms. The standard InChI is InChI=1S/C14H18N2O5/c1-2-16(9-14(19)20)13(18)8-15-12(17)10-21-11-6-4-3-5-7-11/h3-7H,2,8-10H2,1H3,(H,15,17)(H,19,20). The molecule has 7 heteroatoms. The maximum absolute atomic E-state index is 11.7. The van der Waals surface area contributed by atoms with Crippen LogP contribution in [0.5, 0.6) is 5.75 Å². The molecule has 0 aliphatic heterocycles. The Kier molecular flexibility index (Phi) is 6.73. The Morgan fingerprint density at radius 1 is 1.24 bits per heavy atom. The number of benzene rings is 1. The fourth-order valence-corrected chi connectivity index (χ4v) is 1.54. The summed E-state index contributed by atoms with van der Waals surface area (Å²) >= 11 is 0. The second-order valence-corrected chi connectivity index (χ2v) is 4.18. The van der Waals surface area contributed by atoms with Gasteiger partial charge in [-0.3, -0.25) is 14.4 Å². The van der Waals surface area contributed by atoms with E-state index in [0.29, 0.717) is 5.75 Å². The summed E-state index contributed by atoms with van der Waals surface area (Å²) in [5.74, 6) is -1.43. The third-order valence-electron chi connectivity index (χ3n) is 2.61. The molecule has 7 nitrogen and oxygen atoms in total. The van der Waals surface area contributed by atoms with Gasteiger partial charge in [0.15, 0.2) is 6.61 Å². The third-order valence-corrected chi connectivity index (χ3v) is 2.61. The molecule has 0 radical (unpaired) electrons. The van der Waals surface area contributed by atoms with Crippen LogP contribution in [0.1, 0.15) is 6.92 Å². The molecule has 0 saturated carbocycles. The van der Waals surface area contributed by atoms with E-state index in [1.54, 1.807) is 31.2 Å². The Balaban J connectivity index is 2.31. The molecule has 0 saturated heterocycles. The Bertz CT molecular complexity index is 489. The molecule has 0 unspecified atom stereocenters. The predicted octanol–water partition coefficient (Wildman–Crippen LogP) is 0.115. The highest BCUT2D eigenvalue weighted by Crippen LogP contribution is 2.07. The van der Waals surface area contributed by atoms with Gasteiger partial charge in [0.25, 0.3) is 5.91 Å². The van der Waals surface area contributed by atoms with Gasteiger partial charge in [-0.2, -0.15) is 0 Å². The Hall–Kier alpha value is -2.57. The van der Waals surface area contributed by atoms with Crippen LogP contribution in [0.3, 0.4) is 0 Å². The van der Waals surface area contributed by atoms with Crippen LogP contribution in [-0.4, -0.2) is 54.0 Å². The number of carboxylic acid groups (broad SMARTS) is 1. The van der Waals surface area contributed by atoms with Crippen molar-refractivity contribution in [2.24, 2.45) is 0 Å². The van der Waals surface area contributed by atoms with Crippen LogP contribution >= 0.6 is 0 Å². The van der Waals surface area contributed by atoms with Gasteiger partial charge < -0.3 is 20.1 Å². The maximum atomic E-state index is 11.7. The van der Waals surface area contributed by atoms with Crippen molar-refractivity contribution in [3.8, 4) is 5.75 Å². The van der Waals surface area contributed by atoms with E-state index in [0.717, 1.165) is 4.90 Å². The first-order chi connectivity index (χ1) is 10.0. The number of nitrogens with one attached hydrogen (secondary N) is 1. The van der Waals surface area contributed by atoms with Crippen molar-refractivity contribution in [3.63, 3.8) is 0 Å². The van der Waals surface area contributed by atoms with Gasteiger partial charge in [-0.05, 0) is 19.1 Å². The topological polar surface area (TPSA) is 95.9 Å². The summed E-state index contributed by atoms with van der Waals surface area (Å²) in [6, 6.07) is 8.81. The van der Waals surface area contributed by atoms with Crippen molar-refractivity contribution in [1.82, 2.24) is 10.2 Å². The van der Waals surface area contributed by atoms with Crippen LogP contribution in [0.15, 0.2) is 30.3 Å². The first-order valence-corrected chi connectivity index (χ1v) is 6.47. The van der Waals surface area contributed by atoms with Crippen molar-refractivity contribution < 1.29 is 24.2 Å². The number of carboxylic acids is 1. The SMILES string of the molecule is CCN(CC(=O)O)C(=O)CNC(=O)COc1ccccc1. The molecule has 1 aromatic carbocycles. The minimum absolute atomic E-state index is 0.206. The van der Waals surface area contributed by atoms with E-state index in [1.165, 1.54) is 0 Å². The number of amides is 2. The second kappa shape index (κ2) is 8.57. The van der Waals surface area contributed by atoms with Gasteiger partial charge in [-0.25, -0.2) is 0 Å². The summed E-state index contributed by atoms with van der Waals surface area (Å²) in [4.78, 5) is 34.9. The minimum Gasteiger partial charge on any atom is -0.484 e. The number of hydrogen-bond donors (Lipinski definition) is 2. The molecule has 1 rings (SSSR count). The fraction of sp³-hybridized carbons (Fsp3) is 0.357. The summed E-state index contributed by atoms with van der Waals surface area (Å²) < 4.78 is 5.22. The normalized spacial score (nSPS) is 9.76. The van der Waals surface area contributed by atoms with E-state index in [9.17, 15) is 14.4 Å². The van der Waals surface area contributed by atoms with Crippen LogP contribution in [0.2, 0.25) is 0 Å². The van der Waals surface area contributed by atoms with Crippen LogP contribution in [0, 0.1) is 0 Å². The van der Waals surface area contributed by atoms with E-state index >= 15 is 0 Å². The molecular weight excluding hydrogens is 276 g/mol. The molecule has 0 heterocycles. The van der Waals surface area contributed by atoms with Crippen LogP contribution in [0.25, 0.3) is 0 Å². The number of rotatable bonds is 8. The molecular formula is C14H18N2O5. The first kappa shape index (κ1) is 16.5. The number of likely N-dealkylation sites (N-methyl/N-ethyl adjacent to an activating group) is 1. The van der Waals surface area contributed by atoms with Crippen LogP contribution < -0.4 is 10.1 Å². The summed E-state index contributed by atoms with van der Waals surface area (Å²) in [5.41, 5.74) is 0. The maximum Gasteiger partial charge on any atom is 0.323 e. The lowest BCUT2D eigenvalue weighted by Gasteiger charge is -2.18. The van der Waals surface area contributed by atoms with Gasteiger partial charge in [0.2, 0.25) is 5.91 Å².